The standard InChI is InChI=1S/C24H26FN5O/c25-20-10-4-5-11-21(20)28-22-13-15-27-24(29-22)30-16-6-9-19(17-30)23(31)26-14-12-18-7-2-1-3-8-18/h1-5,7-8,10-11,13,15,19H,6,9,12,14,16-17H2,(H,26,31)(H,27,28,29). The van der Waals surface area contributed by atoms with Gasteiger partial charge in [-0.1, -0.05) is 42.5 Å². The van der Waals surface area contributed by atoms with Gasteiger partial charge < -0.3 is 15.5 Å². The lowest BCUT2D eigenvalue weighted by Gasteiger charge is -2.32. The van der Waals surface area contributed by atoms with Crippen molar-refractivity contribution >= 4 is 23.4 Å². The predicted molar refractivity (Wildman–Crippen MR) is 120 cm³/mol. The molecule has 0 saturated carbocycles. The van der Waals surface area contributed by atoms with Gasteiger partial charge in [-0.05, 0) is 43.0 Å². The minimum absolute atomic E-state index is 0.0706. The number of halogens is 1. The van der Waals surface area contributed by atoms with Crippen LogP contribution < -0.4 is 15.5 Å². The minimum Gasteiger partial charge on any atom is -0.355 e. The maximum Gasteiger partial charge on any atom is 0.227 e. The molecular weight excluding hydrogens is 393 g/mol. The van der Waals surface area contributed by atoms with Crippen molar-refractivity contribution in [1.82, 2.24) is 15.3 Å². The Labute approximate surface area is 181 Å². The second kappa shape index (κ2) is 10.0. The average molecular weight is 420 g/mol. The third kappa shape index (κ3) is 5.57. The number of benzene rings is 2. The lowest BCUT2D eigenvalue weighted by Crippen LogP contribution is -2.44. The summed E-state index contributed by atoms with van der Waals surface area (Å²) in [6.07, 6.45) is 4.21. The number of amides is 1. The van der Waals surface area contributed by atoms with Crippen LogP contribution in [0.5, 0.6) is 0 Å². The van der Waals surface area contributed by atoms with Gasteiger partial charge >= 0.3 is 0 Å². The third-order valence-electron chi connectivity index (χ3n) is 5.41. The van der Waals surface area contributed by atoms with Crippen LogP contribution in [0.3, 0.4) is 0 Å². The van der Waals surface area contributed by atoms with E-state index in [1.54, 1.807) is 30.5 Å². The first-order valence-electron chi connectivity index (χ1n) is 10.6. The summed E-state index contributed by atoms with van der Waals surface area (Å²) in [5.74, 6) is 0.693. The van der Waals surface area contributed by atoms with Gasteiger partial charge in [0.2, 0.25) is 11.9 Å². The number of piperidine rings is 1. The molecule has 160 valence electrons. The average Bonchev–Trinajstić information content (AvgIpc) is 2.81. The van der Waals surface area contributed by atoms with Gasteiger partial charge in [0, 0.05) is 25.8 Å². The van der Waals surface area contributed by atoms with Gasteiger partial charge in [-0.15, -0.1) is 0 Å². The monoisotopic (exact) mass is 419 g/mol. The molecule has 2 aromatic carbocycles. The largest absolute Gasteiger partial charge is 0.355 e. The summed E-state index contributed by atoms with van der Waals surface area (Å²) in [7, 11) is 0. The highest BCUT2D eigenvalue weighted by Crippen LogP contribution is 2.23. The molecule has 0 aliphatic carbocycles. The fraction of sp³-hybridized carbons (Fsp3) is 0.292. The summed E-state index contributed by atoms with van der Waals surface area (Å²) in [5.41, 5.74) is 1.57. The number of rotatable bonds is 7. The van der Waals surface area contributed by atoms with Crippen LogP contribution in [-0.4, -0.2) is 35.5 Å². The summed E-state index contributed by atoms with van der Waals surface area (Å²) >= 11 is 0. The van der Waals surface area contributed by atoms with Crippen LogP contribution in [0.25, 0.3) is 0 Å². The van der Waals surface area contributed by atoms with Crippen molar-refractivity contribution in [2.75, 3.05) is 29.9 Å². The first-order valence-corrected chi connectivity index (χ1v) is 10.6. The number of para-hydroxylation sites is 1. The molecule has 1 saturated heterocycles. The Morgan fingerprint density at radius 3 is 2.74 bits per heavy atom. The Balaban J connectivity index is 1.34. The summed E-state index contributed by atoms with van der Waals surface area (Å²) in [5, 5.41) is 6.06. The van der Waals surface area contributed by atoms with Gasteiger partial charge in [-0.2, -0.15) is 4.98 Å². The number of hydrogen-bond donors (Lipinski definition) is 2. The molecule has 1 unspecified atom stereocenters. The molecule has 0 bridgehead atoms. The van der Waals surface area contributed by atoms with Crippen LogP contribution >= 0.6 is 0 Å². The lowest BCUT2D eigenvalue weighted by molar-refractivity contribution is -0.125. The molecule has 3 aromatic rings. The lowest BCUT2D eigenvalue weighted by atomic mass is 9.97. The van der Waals surface area contributed by atoms with Crippen LogP contribution in [0, 0.1) is 11.7 Å². The molecule has 1 aliphatic rings. The molecule has 4 rings (SSSR count). The van der Waals surface area contributed by atoms with Gasteiger partial charge in [0.15, 0.2) is 0 Å². The highest BCUT2D eigenvalue weighted by Gasteiger charge is 2.27. The van der Waals surface area contributed by atoms with Gasteiger partial charge in [0.05, 0.1) is 11.6 Å². The Morgan fingerprint density at radius 1 is 1.10 bits per heavy atom. The van der Waals surface area contributed by atoms with E-state index in [1.807, 2.05) is 23.1 Å². The van der Waals surface area contributed by atoms with Crippen molar-refractivity contribution in [2.24, 2.45) is 5.92 Å². The topological polar surface area (TPSA) is 70.2 Å². The van der Waals surface area contributed by atoms with Crippen molar-refractivity contribution in [3.63, 3.8) is 0 Å². The van der Waals surface area contributed by atoms with E-state index in [1.165, 1.54) is 11.6 Å². The zero-order valence-electron chi connectivity index (χ0n) is 17.3. The number of anilines is 3. The van der Waals surface area contributed by atoms with Gasteiger partial charge in [0.25, 0.3) is 0 Å². The third-order valence-corrected chi connectivity index (χ3v) is 5.41. The minimum atomic E-state index is -0.340. The fourth-order valence-corrected chi connectivity index (χ4v) is 3.76. The van der Waals surface area contributed by atoms with Crippen molar-refractivity contribution in [2.45, 2.75) is 19.3 Å². The maximum absolute atomic E-state index is 13.9. The number of nitrogens with zero attached hydrogens (tertiary/aromatic N) is 3. The molecule has 1 aliphatic heterocycles. The Kier molecular flexibility index (Phi) is 6.72. The predicted octanol–water partition coefficient (Wildman–Crippen LogP) is 3.93. The highest BCUT2D eigenvalue weighted by atomic mass is 19.1. The second-order valence-electron chi connectivity index (χ2n) is 7.66. The van der Waals surface area contributed by atoms with Crippen LogP contribution in [0.1, 0.15) is 18.4 Å². The quantitative estimate of drug-likeness (QED) is 0.607. The number of nitrogens with one attached hydrogen (secondary N) is 2. The molecule has 1 fully saturated rings. The first-order chi connectivity index (χ1) is 15.2. The van der Waals surface area contributed by atoms with Crippen LogP contribution in [-0.2, 0) is 11.2 Å². The molecule has 1 aromatic heterocycles. The molecule has 6 nitrogen and oxygen atoms in total. The molecule has 2 heterocycles. The number of aromatic nitrogens is 2. The summed E-state index contributed by atoms with van der Waals surface area (Å²) in [6.45, 7) is 1.98. The van der Waals surface area contributed by atoms with Crippen molar-refractivity contribution < 1.29 is 9.18 Å². The van der Waals surface area contributed by atoms with E-state index in [9.17, 15) is 9.18 Å². The van der Waals surface area contributed by atoms with E-state index in [2.05, 4.69) is 32.7 Å². The van der Waals surface area contributed by atoms with Gasteiger partial charge in [0.1, 0.15) is 11.6 Å². The van der Waals surface area contributed by atoms with E-state index in [0.717, 1.165) is 25.8 Å². The summed E-state index contributed by atoms with van der Waals surface area (Å²) in [6, 6.07) is 18.3. The zero-order valence-corrected chi connectivity index (χ0v) is 17.3. The highest BCUT2D eigenvalue weighted by molar-refractivity contribution is 5.79. The van der Waals surface area contributed by atoms with Gasteiger partial charge in [-0.3, -0.25) is 4.79 Å². The molecule has 1 atom stereocenters. The number of carbonyl (C=O) groups excluding carboxylic acids is 1. The SMILES string of the molecule is O=C(NCCc1ccccc1)C1CCCN(c2nccc(Nc3ccccc3F)n2)C1. The fourth-order valence-electron chi connectivity index (χ4n) is 3.76. The molecule has 0 radical (unpaired) electrons. The van der Waals surface area contributed by atoms with Crippen molar-refractivity contribution in [3.8, 4) is 0 Å². The molecule has 1 amide bonds. The van der Waals surface area contributed by atoms with E-state index in [-0.39, 0.29) is 17.6 Å². The summed E-state index contributed by atoms with van der Waals surface area (Å²) in [4.78, 5) is 23.6. The molecule has 7 heteroatoms. The van der Waals surface area contributed by atoms with Crippen LogP contribution in [0.15, 0.2) is 66.9 Å². The smallest absolute Gasteiger partial charge is 0.227 e. The van der Waals surface area contributed by atoms with Crippen molar-refractivity contribution in [3.05, 3.63) is 78.2 Å². The Bertz CT molecular complexity index is 1010. The Morgan fingerprint density at radius 2 is 1.90 bits per heavy atom. The van der Waals surface area contributed by atoms with E-state index in [0.29, 0.717) is 30.5 Å². The second-order valence-corrected chi connectivity index (χ2v) is 7.66. The maximum atomic E-state index is 13.9. The first kappa shape index (κ1) is 20.8. The van der Waals surface area contributed by atoms with Gasteiger partial charge in [-0.25, -0.2) is 9.37 Å². The number of hydrogen-bond acceptors (Lipinski definition) is 5. The Hall–Kier alpha value is -3.48. The molecule has 2 N–H and O–H groups in total. The van der Waals surface area contributed by atoms with E-state index in [4.69, 9.17) is 0 Å². The molecular formula is C24H26FN5O. The molecule has 31 heavy (non-hydrogen) atoms. The van der Waals surface area contributed by atoms with Crippen LogP contribution in [0.2, 0.25) is 0 Å². The zero-order chi connectivity index (χ0) is 21.5. The normalized spacial score (nSPS) is 16.0. The van der Waals surface area contributed by atoms with Crippen LogP contribution in [0.4, 0.5) is 21.8 Å². The number of carbonyl (C=O) groups is 1. The van der Waals surface area contributed by atoms with Crippen molar-refractivity contribution in [1.29, 1.82) is 0 Å². The summed E-state index contributed by atoms with van der Waals surface area (Å²) < 4.78 is 13.9. The van der Waals surface area contributed by atoms with E-state index >= 15 is 0 Å². The van der Waals surface area contributed by atoms with E-state index < -0.39 is 0 Å². The molecule has 0 spiro atoms.